The fraction of sp³-hybridized carbons (Fsp3) is 0.700. The summed E-state index contributed by atoms with van der Waals surface area (Å²) in [5.74, 6) is -2.29. The zero-order valence-electron chi connectivity index (χ0n) is 15.9. The number of hydrogen-bond acceptors (Lipinski definition) is 6. The van der Waals surface area contributed by atoms with Gasteiger partial charge in [-0.15, -0.1) is 0 Å². The third-order valence-corrected chi connectivity index (χ3v) is 7.34. The summed E-state index contributed by atoms with van der Waals surface area (Å²) in [7, 11) is 0. The van der Waals surface area contributed by atoms with Gasteiger partial charge in [0.2, 0.25) is 5.79 Å². The van der Waals surface area contributed by atoms with Crippen molar-refractivity contribution in [3.05, 3.63) is 22.8 Å². The molecule has 3 fully saturated rings. The molecule has 1 saturated heterocycles. The second kappa shape index (κ2) is 5.20. The third-order valence-electron chi connectivity index (χ3n) is 7.34. The molecule has 1 spiro atoms. The van der Waals surface area contributed by atoms with Crippen LogP contribution in [0.25, 0.3) is 0 Å². The number of allylic oxidation sites excluding steroid dienone is 1. The molecule has 6 atom stereocenters. The maximum Gasteiger partial charge on any atom is 0.336 e. The molecule has 142 valence electrons. The second-order valence-electron chi connectivity index (χ2n) is 8.48. The molecule has 0 unspecified atom stereocenters. The van der Waals surface area contributed by atoms with Crippen molar-refractivity contribution in [1.82, 2.24) is 0 Å². The predicted octanol–water partition coefficient (Wildman–Crippen LogP) is 2.40. The highest BCUT2D eigenvalue weighted by Gasteiger charge is 2.78. The molecule has 6 heteroatoms. The van der Waals surface area contributed by atoms with Crippen LogP contribution in [0, 0.1) is 11.3 Å². The van der Waals surface area contributed by atoms with E-state index in [1.54, 1.807) is 19.9 Å². The Kier molecular flexibility index (Phi) is 3.55. The molecule has 2 aliphatic carbocycles. The quantitative estimate of drug-likeness (QED) is 0.461. The number of rotatable bonds is 2. The van der Waals surface area contributed by atoms with Crippen LogP contribution in [0.2, 0.25) is 0 Å². The van der Waals surface area contributed by atoms with Crippen LogP contribution in [-0.4, -0.2) is 40.6 Å². The normalized spacial score (nSPS) is 46.9. The van der Waals surface area contributed by atoms with E-state index in [9.17, 15) is 14.7 Å². The summed E-state index contributed by atoms with van der Waals surface area (Å²) < 4.78 is 17.2. The molecule has 0 radical (unpaired) electrons. The summed E-state index contributed by atoms with van der Waals surface area (Å²) in [6.07, 6.45) is 2.73. The molecule has 0 aromatic rings. The van der Waals surface area contributed by atoms with Crippen LogP contribution < -0.4 is 0 Å². The monoisotopic (exact) mass is 362 g/mol. The second-order valence-corrected chi connectivity index (χ2v) is 8.48. The number of esters is 2. The molecule has 4 aliphatic rings. The standard InChI is InChI=1S/C20H26O6/c1-6-10(2)16(21)24-14-7-15-19(25-15)9-20(23)13(11(3)17(22)26-20)8-18(19,5)12(14)4/h6,12,14-15,23H,7-9H2,1-5H3/b10-6+/t12-,14-,15+,18+,19+,20-/m0/s1. The van der Waals surface area contributed by atoms with E-state index in [4.69, 9.17) is 14.2 Å². The highest BCUT2D eigenvalue weighted by molar-refractivity contribution is 5.92. The molecule has 0 aromatic carbocycles. The van der Waals surface area contributed by atoms with Crippen LogP contribution in [0.4, 0.5) is 0 Å². The van der Waals surface area contributed by atoms with E-state index in [0.29, 0.717) is 29.6 Å². The van der Waals surface area contributed by atoms with Crippen LogP contribution in [0.1, 0.15) is 53.9 Å². The highest BCUT2D eigenvalue weighted by Crippen LogP contribution is 2.70. The minimum atomic E-state index is -1.56. The van der Waals surface area contributed by atoms with E-state index < -0.39 is 17.4 Å². The van der Waals surface area contributed by atoms with Crippen LogP contribution in [0.5, 0.6) is 0 Å². The van der Waals surface area contributed by atoms with Gasteiger partial charge in [0, 0.05) is 40.9 Å². The molecule has 26 heavy (non-hydrogen) atoms. The van der Waals surface area contributed by atoms with E-state index in [-0.39, 0.29) is 35.9 Å². The third kappa shape index (κ3) is 2.06. The van der Waals surface area contributed by atoms with Gasteiger partial charge in [0.1, 0.15) is 11.7 Å². The lowest BCUT2D eigenvalue weighted by Crippen LogP contribution is -2.59. The molecule has 2 saturated carbocycles. The van der Waals surface area contributed by atoms with Gasteiger partial charge >= 0.3 is 11.9 Å². The first-order chi connectivity index (χ1) is 12.1. The number of aliphatic hydroxyl groups is 1. The Morgan fingerprint density at radius 2 is 2.12 bits per heavy atom. The molecule has 1 N–H and O–H groups in total. The van der Waals surface area contributed by atoms with Crippen molar-refractivity contribution in [3.63, 3.8) is 0 Å². The molecule has 6 nitrogen and oxygen atoms in total. The van der Waals surface area contributed by atoms with E-state index in [2.05, 4.69) is 13.8 Å². The minimum absolute atomic E-state index is 0.0235. The van der Waals surface area contributed by atoms with Gasteiger partial charge in [0.05, 0.1) is 6.10 Å². The molecule has 2 heterocycles. The topological polar surface area (TPSA) is 85.4 Å². The Bertz CT molecular complexity index is 766. The molecule has 2 aliphatic heterocycles. The zero-order chi connectivity index (χ0) is 19.1. The number of carbonyl (C=O) groups is 2. The van der Waals surface area contributed by atoms with Gasteiger partial charge in [-0.1, -0.05) is 19.9 Å². The Morgan fingerprint density at radius 1 is 1.42 bits per heavy atom. The van der Waals surface area contributed by atoms with Gasteiger partial charge in [0.15, 0.2) is 0 Å². The summed E-state index contributed by atoms with van der Waals surface area (Å²) >= 11 is 0. The van der Waals surface area contributed by atoms with Crippen LogP contribution in [0.15, 0.2) is 22.8 Å². The highest BCUT2D eigenvalue weighted by atomic mass is 16.7. The number of ether oxygens (including phenoxy) is 3. The molecule has 4 rings (SSSR count). The van der Waals surface area contributed by atoms with E-state index in [0.717, 1.165) is 0 Å². The first-order valence-electron chi connectivity index (χ1n) is 9.25. The van der Waals surface area contributed by atoms with Crippen LogP contribution in [0.3, 0.4) is 0 Å². The van der Waals surface area contributed by atoms with Gasteiger partial charge in [-0.05, 0) is 27.2 Å². The fourth-order valence-electron chi connectivity index (χ4n) is 5.18. The number of epoxide rings is 1. The zero-order valence-corrected chi connectivity index (χ0v) is 15.9. The first kappa shape index (κ1) is 17.7. The molecule has 0 amide bonds. The van der Waals surface area contributed by atoms with Crippen molar-refractivity contribution >= 4 is 11.9 Å². The van der Waals surface area contributed by atoms with E-state index in [1.807, 2.05) is 6.92 Å². The lowest BCUT2D eigenvalue weighted by atomic mass is 9.52. The number of fused-ring (bicyclic) bond motifs is 1. The smallest absolute Gasteiger partial charge is 0.336 e. The Balaban J connectivity index is 1.66. The first-order valence-corrected chi connectivity index (χ1v) is 9.25. The van der Waals surface area contributed by atoms with Crippen LogP contribution in [-0.2, 0) is 23.8 Å². The van der Waals surface area contributed by atoms with E-state index in [1.165, 1.54) is 0 Å². The lowest BCUT2D eigenvalue weighted by molar-refractivity contribution is -0.209. The summed E-state index contributed by atoms with van der Waals surface area (Å²) in [6.45, 7) is 9.43. The Labute approximate surface area is 153 Å². The summed E-state index contributed by atoms with van der Waals surface area (Å²) in [5.41, 5.74) is 0.836. The van der Waals surface area contributed by atoms with Crippen molar-refractivity contribution in [2.75, 3.05) is 0 Å². The molecular formula is C20H26O6. The maximum atomic E-state index is 12.3. The van der Waals surface area contributed by atoms with Gasteiger partial charge in [0.25, 0.3) is 0 Å². The van der Waals surface area contributed by atoms with Gasteiger partial charge in [-0.3, -0.25) is 0 Å². The van der Waals surface area contributed by atoms with Crippen molar-refractivity contribution in [2.24, 2.45) is 11.3 Å². The van der Waals surface area contributed by atoms with Crippen LogP contribution >= 0.6 is 0 Å². The average Bonchev–Trinajstić information content (AvgIpc) is 3.23. The largest absolute Gasteiger partial charge is 0.459 e. The van der Waals surface area contributed by atoms with Crippen molar-refractivity contribution in [1.29, 1.82) is 0 Å². The van der Waals surface area contributed by atoms with Gasteiger partial charge in [-0.25, -0.2) is 9.59 Å². The van der Waals surface area contributed by atoms with E-state index >= 15 is 0 Å². The van der Waals surface area contributed by atoms with Crippen molar-refractivity contribution in [3.8, 4) is 0 Å². The number of carbonyl (C=O) groups excluding carboxylic acids is 2. The fourth-order valence-corrected chi connectivity index (χ4v) is 5.18. The number of hydrogen-bond donors (Lipinski definition) is 1. The molecular weight excluding hydrogens is 336 g/mol. The Hall–Kier alpha value is -1.66. The Morgan fingerprint density at radius 3 is 2.77 bits per heavy atom. The molecule has 0 bridgehead atoms. The summed E-state index contributed by atoms with van der Waals surface area (Å²) in [5, 5.41) is 10.9. The van der Waals surface area contributed by atoms with Crippen molar-refractivity contribution < 1.29 is 28.9 Å². The maximum absolute atomic E-state index is 12.3. The lowest BCUT2D eigenvalue weighted by Gasteiger charge is -2.52. The predicted molar refractivity (Wildman–Crippen MR) is 91.8 cm³/mol. The average molecular weight is 362 g/mol. The SMILES string of the molecule is C/C=C(\C)C(=O)O[C@H]1C[C@H]2O[C@]23C[C@]2(O)OC(=O)C(C)=C2C[C@]3(C)[C@H]1C. The summed E-state index contributed by atoms with van der Waals surface area (Å²) in [4.78, 5) is 24.3. The molecule has 0 aromatic heterocycles. The van der Waals surface area contributed by atoms with Crippen molar-refractivity contribution in [2.45, 2.75) is 77.5 Å². The minimum Gasteiger partial charge on any atom is -0.459 e. The summed E-state index contributed by atoms with van der Waals surface area (Å²) in [6, 6.07) is 0. The van der Waals surface area contributed by atoms with Gasteiger partial charge in [-0.2, -0.15) is 0 Å². The van der Waals surface area contributed by atoms with Gasteiger partial charge < -0.3 is 19.3 Å².